The molecule has 10 heteroatoms. The highest BCUT2D eigenvalue weighted by molar-refractivity contribution is 6.31. The van der Waals surface area contributed by atoms with Gasteiger partial charge in [-0.05, 0) is 36.4 Å². The summed E-state index contributed by atoms with van der Waals surface area (Å²) in [6, 6.07) is 9.87. The lowest BCUT2D eigenvalue weighted by atomic mass is 10.3. The Morgan fingerprint density at radius 2 is 0.682 bits per heavy atom. The van der Waals surface area contributed by atoms with Crippen LogP contribution in [0.25, 0.3) is 11.4 Å². The maximum Gasteiger partial charge on any atom is 0.151 e. The molecule has 0 fully saturated rings. The smallest absolute Gasteiger partial charge is 0.147 e. The standard InChI is InChI=1S/C8H4Cl2N4.C4H2Cl2N2/c9-7-3-1-5(11-13-7)6-2-4-8(10)14-12-6;5-3-1-2-4(6)8-7-3/h1-4H;1-2H. The van der Waals surface area contributed by atoms with Crippen LogP contribution in [0.4, 0.5) is 0 Å². The van der Waals surface area contributed by atoms with E-state index in [9.17, 15) is 0 Å². The van der Waals surface area contributed by atoms with Crippen LogP contribution in [0.15, 0.2) is 36.4 Å². The lowest BCUT2D eigenvalue weighted by molar-refractivity contribution is 0.989. The summed E-state index contributed by atoms with van der Waals surface area (Å²) < 4.78 is 0. The lowest BCUT2D eigenvalue weighted by Crippen LogP contribution is -1.91. The molecule has 112 valence electrons. The molecule has 0 unspecified atom stereocenters. The van der Waals surface area contributed by atoms with Gasteiger partial charge in [0.15, 0.2) is 20.6 Å². The normalized spacial score (nSPS) is 9.82. The Labute approximate surface area is 145 Å². The van der Waals surface area contributed by atoms with Crippen molar-refractivity contribution in [3.05, 3.63) is 57.0 Å². The minimum Gasteiger partial charge on any atom is -0.147 e. The van der Waals surface area contributed by atoms with Crippen molar-refractivity contribution in [1.82, 2.24) is 30.6 Å². The van der Waals surface area contributed by atoms with Crippen LogP contribution in [0, 0.1) is 0 Å². The van der Waals surface area contributed by atoms with Gasteiger partial charge in [0, 0.05) is 0 Å². The third-order valence-corrected chi connectivity index (χ3v) is 2.93. The summed E-state index contributed by atoms with van der Waals surface area (Å²) in [6.45, 7) is 0. The predicted molar refractivity (Wildman–Crippen MR) is 85.1 cm³/mol. The van der Waals surface area contributed by atoms with E-state index in [4.69, 9.17) is 46.4 Å². The van der Waals surface area contributed by atoms with Gasteiger partial charge in [0.1, 0.15) is 11.4 Å². The van der Waals surface area contributed by atoms with E-state index in [2.05, 4.69) is 30.6 Å². The quantitative estimate of drug-likeness (QED) is 0.639. The second kappa shape index (κ2) is 8.14. The zero-order valence-corrected chi connectivity index (χ0v) is 13.7. The molecule has 6 nitrogen and oxygen atoms in total. The van der Waals surface area contributed by atoms with E-state index in [1.165, 1.54) is 0 Å². The van der Waals surface area contributed by atoms with Crippen LogP contribution < -0.4 is 0 Å². The van der Waals surface area contributed by atoms with E-state index >= 15 is 0 Å². The summed E-state index contributed by atoms with van der Waals surface area (Å²) in [5, 5.41) is 23.4. The summed E-state index contributed by atoms with van der Waals surface area (Å²) in [5.74, 6) is 0. The van der Waals surface area contributed by atoms with E-state index in [1.807, 2.05) is 0 Å². The van der Waals surface area contributed by atoms with E-state index in [-0.39, 0.29) is 0 Å². The summed E-state index contributed by atoms with van der Waals surface area (Å²) in [7, 11) is 0. The Balaban J connectivity index is 0.000000188. The molecule has 3 aromatic heterocycles. The Kier molecular flexibility index (Phi) is 6.21. The highest BCUT2D eigenvalue weighted by atomic mass is 35.5. The van der Waals surface area contributed by atoms with Crippen molar-refractivity contribution in [3.8, 4) is 11.4 Å². The zero-order chi connectivity index (χ0) is 15.9. The molecule has 0 spiro atoms. The van der Waals surface area contributed by atoms with Gasteiger partial charge in [0.05, 0.1) is 0 Å². The molecule has 0 aromatic carbocycles. The fourth-order valence-corrected chi connectivity index (χ4v) is 1.61. The third kappa shape index (κ3) is 5.31. The number of aromatic nitrogens is 6. The molecule has 0 N–H and O–H groups in total. The van der Waals surface area contributed by atoms with Gasteiger partial charge in [0.25, 0.3) is 0 Å². The van der Waals surface area contributed by atoms with Crippen molar-refractivity contribution in [3.63, 3.8) is 0 Å². The molecule has 0 aliphatic rings. The van der Waals surface area contributed by atoms with Crippen molar-refractivity contribution in [2.24, 2.45) is 0 Å². The minimum atomic E-state index is 0.343. The molecule has 0 atom stereocenters. The maximum absolute atomic E-state index is 5.59. The molecule has 3 aromatic rings. The average molecular weight is 376 g/mol. The summed E-state index contributed by atoms with van der Waals surface area (Å²) in [5.41, 5.74) is 1.22. The number of halogens is 4. The lowest BCUT2D eigenvalue weighted by Gasteiger charge is -1.96. The van der Waals surface area contributed by atoms with Crippen LogP contribution >= 0.6 is 46.4 Å². The Hall–Kier alpha value is -1.60. The van der Waals surface area contributed by atoms with E-state index in [1.54, 1.807) is 36.4 Å². The fourth-order valence-electron chi connectivity index (χ4n) is 1.20. The van der Waals surface area contributed by atoms with Crippen molar-refractivity contribution in [2.75, 3.05) is 0 Å². The van der Waals surface area contributed by atoms with Crippen molar-refractivity contribution in [2.45, 2.75) is 0 Å². The number of nitrogens with zero attached hydrogens (tertiary/aromatic N) is 6. The molecule has 3 heterocycles. The molecule has 0 saturated carbocycles. The summed E-state index contributed by atoms with van der Waals surface area (Å²) in [6.07, 6.45) is 0. The molecule has 0 amide bonds. The Morgan fingerprint density at radius 1 is 0.409 bits per heavy atom. The Bertz CT molecular complexity index is 654. The molecule has 22 heavy (non-hydrogen) atoms. The van der Waals surface area contributed by atoms with Gasteiger partial charge in [-0.1, -0.05) is 46.4 Å². The van der Waals surface area contributed by atoms with Crippen LogP contribution in [0.1, 0.15) is 0 Å². The maximum atomic E-state index is 5.59. The summed E-state index contributed by atoms with van der Waals surface area (Å²) in [4.78, 5) is 0. The largest absolute Gasteiger partial charge is 0.151 e. The van der Waals surface area contributed by atoms with Crippen LogP contribution in [-0.2, 0) is 0 Å². The number of rotatable bonds is 1. The highest BCUT2D eigenvalue weighted by Gasteiger charge is 2.02. The van der Waals surface area contributed by atoms with Crippen molar-refractivity contribution in [1.29, 1.82) is 0 Å². The molecule has 0 saturated heterocycles. The highest BCUT2D eigenvalue weighted by Crippen LogP contribution is 2.14. The second-order valence-corrected chi connectivity index (χ2v) is 5.21. The van der Waals surface area contributed by atoms with Gasteiger partial charge in [-0.15, -0.1) is 30.6 Å². The molecular formula is C12H6Cl4N6. The van der Waals surface area contributed by atoms with Crippen molar-refractivity contribution >= 4 is 46.4 Å². The van der Waals surface area contributed by atoms with E-state index < -0.39 is 0 Å². The molecular weight excluding hydrogens is 370 g/mol. The Morgan fingerprint density at radius 3 is 0.909 bits per heavy atom. The van der Waals surface area contributed by atoms with Crippen LogP contribution in [0.3, 0.4) is 0 Å². The van der Waals surface area contributed by atoms with Gasteiger partial charge in [-0.25, -0.2) is 0 Å². The first-order chi connectivity index (χ1) is 10.5. The van der Waals surface area contributed by atoms with E-state index in [0.29, 0.717) is 32.0 Å². The fraction of sp³-hybridized carbons (Fsp3) is 0. The molecule has 0 radical (unpaired) electrons. The van der Waals surface area contributed by atoms with Gasteiger partial charge in [0.2, 0.25) is 0 Å². The van der Waals surface area contributed by atoms with Crippen LogP contribution in [0.2, 0.25) is 20.6 Å². The van der Waals surface area contributed by atoms with Gasteiger partial charge in [-0.2, -0.15) is 0 Å². The topological polar surface area (TPSA) is 77.3 Å². The van der Waals surface area contributed by atoms with Gasteiger partial charge < -0.3 is 0 Å². The first-order valence-electron chi connectivity index (χ1n) is 5.68. The number of hydrogen-bond acceptors (Lipinski definition) is 6. The molecule has 0 aliphatic carbocycles. The number of hydrogen-bond donors (Lipinski definition) is 0. The average Bonchev–Trinajstić information content (AvgIpc) is 2.53. The molecule has 3 rings (SSSR count). The summed E-state index contributed by atoms with van der Waals surface area (Å²) >= 11 is 21.9. The van der Waals surface area contributed by atoms with Crippen LogP contribution in [-0.4, -0.2) is 30.6 Å². The molecule has 0 bridgehead atoms. The van der Waals surface area contributed by atoms with E-state index in [0.717, 1.165) is 0 Å². The van der Waals surface area contributed by atoms with Crippen molar-refractivity contribution < 1.29 is 0 Å². The molecule has 0 aliphatic heterocycles. The SMILES string of the molecule is Clc1ccc(-c2ccc(Cl)nn2)nn1.Clc1ccc(Cl)nn1. The first kappa shape index (κ1) is 16.8. The minimum absolute atomic E-state index is 0.343. The second-order valence-electron chi connectivity index (χ2n) is 3.66. The third-order valence-electron chi connectivity index (χ3n) is 2.13. The zero-order valence-electron chi connectivity index (χ0n) is 10.7. The first-order valence-corrected chi connectivity index (χ1v) is 7.19. The van der Waals surface area contributed by atoms with Crippen LogP contribution in [0.5, 0.6) is 0 Å². The predicted octanol–water partition coefficient (Wildman–Crippen LogP) is 4.02. The van der Waals surface area contributed by atoms with Gasteiger partial charge >= 0.3 is 0 Å². The van der Waals surface area contributed by atoms with Gasteiger partial charge in [-0.3, -0.25) is 0 Å². The monoisotopic (exact) mass is 374 g/mol.